The highest BCUT2D eigenvalue weighted by Gasteiger charge is 2.23. The third-order valence-corrected chi connectivity index (χ3v) is 4.68. The Bertz CT molecular complexity index is 937. The molecule has 0 aliphatic carbocycles. The van der Waals surface area contributed by atoms with Gasteiger partial charge < -0.3 is 4.90 Å². The third-order valence-electron chi connectivity index (χ3n) is 4.68. The Balaban J connectivity index is 1.46. The summed E-state index contributed by atoms with van der Waals surface area (Å²) in [5, 5.41) is 18.2. The monoisotopic (exact) mass is 362 g/mol. The number of piperazine rings is 1. The van der Waals surface area contributed by atoms with Crippen LogP contribution in [-0.2, 0) is 6.54 Å². The van der Waals surface area contributed by atoms with Gasteiger partial charge in [-0.1, -0.05) is 30.3 Å². The van der Waals surface area contributed by atoms with Gasteiger partial charge in [0.15, 0.2) is 5.82 Å². The molecule has 0 bridgehead atoms. The molecular formula is C20H19FN6. The summed E-state index contributed by atoms with van der Waals surface area (Å²) in [7, 11) is 0. The molecule has 1 aromatic heterocycles. The summed E-state index contributed by atoms with van der Waals surface area (Å²) in [4.78, 5) is 5.87. The van der Waals surface area contributed by atoms with E-state index in [2.05, 4.69) is 50.3 Å². The Morgan fingerprint density at radius 3 is 2.30 bits per heavy atom. The van der Waals surface area contributed by atoms with E-state index < -0.39 is 0 Å². The molecule has 4 rings (SSSR count). The van der Waals surface area contributed by atoms with Crippen molar-refractivity contribution in [3.63, 3.8) is 0 Å². The number of halogens is 1. The number of nitrogens with zero attached hydrogens (tertiary/aromatic N) is 6. The van der Waals surface area contributed by atoms with Gasteiger partial charge in [0, 0.05) is 32.7 Å². The number of nitriles is 1. The highest BCUT2D eigenvalue weighted by molar-refractivity contribution is 5.50. The molecule has 1 aliphatic rings. The quantitative estimate of drug-likeness (QED) is 0.714. The Labute approximate surface area is 157 Å². The zero-order chi connectivity index (χ0) is 18.6. The lowest BCUT2D eigenvalue weighted by atomic mass is 10.2. The van der Waals surface area contributed by atoms with Crippen LogP contribution >= 0.6 is 0 Å². The van der Waals surface area contributed by atoms with E-state index >= 15 is 0 Å². The molecule has 7 heteroatoms. The predicted molar refractivity (Wildman–Crippen MR) is 100.0 cm³/mol. The van der Waals surface area contributed by atoms with Crippen LogP contribution < -0.4 is 4.90 Å². The van der Waals surface area contributed by atoms with E-state index in [9.17, 15) is 9.65 Å². The van der Waals surface area contributed by atoms with Crippen LogP contribution in [0.4, 0.5) is 10.2 Å². The molecule has 2 heterocycles. The molecule has 1 fully saturated rings. The minimum atomic E-state index is -0.318. The van der Waals surface area contributed by atoms with E-state index in [4.69, 9.17) is 0 Å². The van der Waals surface area contributed by atoms with Crippen LogP contribution in [0.25, 0.3) is 5.69 Å². The van der Waals surface area contributed by atoms with Gasteiger partial charge in [-0.05, 0) is 29.8 Å². The summed E-state index contributed by atoms with van der Waals surface area (Å²) in [6, 6.07) is 18.4. The fraction of sp³-hybridized carbons (Fsp3) is 0.250. The molecule has 0 atom stereocenters. The van der Waals surface area contributed by atoms with Gasteiger partial charge >= 0.3 is 0 Å². The molecule has 0 saturated carbocycles. The smallest absolute Gasteiger partial charge is 0.207 e. The van der Waals surface area contributed by atoms with Crippen molar-refractivity contribution >= 4 is 5.82 Å². The number of anilines is 1. The lowest BCUT2D eigenvalue weighted by molar-refractivity contribution is 0.249. The SMILES string of the molecule is N#Cc1nn(-c2ccc(F)cc2)nc1N1CCN(Cc2ccccc2)CC1. The zero-order valence-corrected chi connectivity index (χ0v) is 14.8. The highest BCUT2D eigenvalue weighted by Crippen LogP contribution is 2.20. The first kappa shape index (κ1) is 17.2. The van der Waals surface area contributed by atoms with E-state index in [1.807, 2.05) is 6.07 Å². The van der Waals surface area contributed by atoms with Gasteiger partial charge in [0.05, 0.1) is 5.69 Å². The van der Waals surface area contributed by atoms with Crippen molar-refractivity contribution in [2.24, 2.45) is 0 Å². The van der Waals surface area contributed by atoms with Crippen molar-refractivity contribution in [3.05, 3.63) is 71.7 Å². The predicted octanol–water partition coefficient (Wildman–Crippen LogP) is 2.60. The van der Waals surface area contributed by atoms with E-state index in [-0.39, 0.29) is 11.5 Å². The van der Waals surface area contributed by atoms with Crippen LogP contribution in [-0.4, -0.2) is 46.1 Å². The second-order valence-corrected chi connectivity index (χ2v) is 6.50. The van der Waals surface area contributed by atoms with Gasteiger partial charge in [0.1, 0.15) is 11.9 Å². The normalized spacial score (nSPS) is 14.9. The molecular weight excluding hydrogens is 343 g/mol. The summed E-state index contributed by atoms with van der Waals surface area (Å²) in [6.45, 7) is 4.27. The average Bonchev–Trinajstić information content (AvgIpc) is 3.14. The van der Waals surface area contributed by atoms with Crippen LogP contribution in [0.2, 0.25) is 0 Å². The first-order valence-electron chi connectivity index (χ1n) is 8.87. The summed E-state index contributed by atoms with van der Waals surface area (Å²) in [5.41, 5.74) is 2.21. The van der Waals surface area contributed by atoms with Crippen molar-refractivity contribution in [2.45, 2.75) is 6.54 Å². The Morgan fingerprint density at radius 2 is 1.63 bits per heavy atom. The van der Waals surface area contributed by atoms with Gasteiger partial charge in [-0.15, -0.1) is 15.0 Å². The molecule has 0 unspecified atom stereocenters. The van der Waals surface area contributed by atoms with Crippen molar-refractivity contribution < 1.29 is 4.39 Å². The summed E-state index contributed by atoms with van der Waals surface area (Å²) < 4.78 is 13.1. The molecule has 0 N–H and O–H groups in total. The van der Waals surface area contributed by atoms with E-state index in [0.29, 0.717) is 11.5 Å². The lowest BCUT2D eigenvalue weighted by Gasteiger charge is -2.34. The Kier molecular flexibility index (Phi) is 4.81. The van der Waals surface area contributed by atoms with Crippen molar-refractivity contribution in [3.8, 4) is 11.8 Å². The van der Waals surface area contributed by atoms with Gasteiger partial charge in [0.25, 0.3) is 0 Å². The van der Waals surface area contributed by atoms with Crippen molar-refractivity contribution in [2.75, 3.05) is 31.1 Å². The number of benzene rings is 2. The van der Waals surface area contributed by atoms with Crippen LogP contribution in [0.15, 0.2) is 54.6 Å². The van der Waals surface area contributed by atoms with Gasteiger partial charge in [0.2, 0.25) is 5.69 Å². The first-order valence-corrected chi connectivity index (χ1v) is 8.87. The maximum atomic E-state index is 13.1. The highest BCUT2D eigenvalue weighted by atomic mass is 19.1. The number of rotatable bonds is 4. The van der Waals surface area contributed by atoms with E-state index in [1.165, 1.54) is 22.5 Å². The molecule has 0 spiro atoms. The summed E-state index contributed by atoms with van der Waals surface area (Å²) in [6.07, 6.45) is 0. The van der Waals surface area contributed by atoms with Gasteiger partial charge in [-0.25, -0.2) is 4.39 Å². The Hall–Kier alpha value is -3.24. The standard InChI is InChI=1S/C20H19FN6/c21-17-6-8-18(9-7-17)27-23-19(14-22)20(24-27)26-12-10-25(11-13-26)15-16-4-2-1-3-5-16/h1-9H,10-13,15H2. The largest absolute Gasteiger partial charge is 0.350 e. The minimum absolute atomic E-state index is 0.288. The summed E-state index contributed by atoms with van der Waals surface area (Å²) >= 11 is 0. The van der Waals surface area contributed by atoms with Crippen molar-refractivity contribution in [1.29, 1.82) is 5.26 Å². The molecule has 2 aromatic carbocycles. The summed E-state index contributed by atoms with van der Waals surface area (Å²) in [5.74, 6) is 0.266. The third kappa shape index (κ3) is 3.81. The molecule has 0 radical (unpaired) electrons. The Morgan fingerprint density at radius 1 is 0.926 bits per heavy atom. The first-order chi connectivity index (χ1) is 13.2. The van der Waals surface area contributed by atoms with E-state index in [1.54, 1.807) is 12.1 Å². The van der Waals surface area contributed by atoms with Crippen LogP contribution in [0, 0.1) is 17.1 Å². The van der Waals surface area contributed by atoms with Crippen LogP contribution in [0.3, 0.4) is 0 Å². The topological polar surface area (TPSA) is 61.0 Å². The van der Waals surface area contributed by atoms with Crippen LogP contribution in [0.1, 0.15) is 11.3 Å². The molecule has 6 nitrogen and oxygen atoms in total. The molecule has 3 aromatic rings. The second kappa shape index (κ2) is 7.56. The number of hydrogen-bond donors (Lipinski definition) is 0. The maximum Gasteiger partial charge on any atom is 0.207 e. The second-order valence-electron chi connectivity index (χ2n) is 6.50. The molecule has 1 aliphatic heterocycles. The minimum Gasteiger partial charge on any atom is -0.350 e. The molecule has 0 amide bonds. The zero-order valence-electron chi connectivity index (χ0n) is 14.8. The van der Waals surface area contributed by atoms with Crippen LogP contribution in [0.5, 0.6) is 0 Å². The molecule has 1 saturated heterocycles. The fourth-order valence-corrected chi connectivity index (χ4v) is 3.23. The van der Waals surface area contributed by atoms with Gasteiger partial charge in [-0.3, -0.25) is 4.90 Å². The average molecular weight is 362 g/mol. The fourth-order valence-electron chi connectivity index (χ4n) is 3.23. The maximum absolute atomic E-state index is 13.1. The number of aromatic nitrogens is 3. The number of hydrogen-bond acceptors (Lipinski definition) is 5. The van der Waals surface area contributed by atoms with E-state index in [0.717, 1.165) is 32.7 Å². The molecule has 27 heavy (non-hydrogen) atoms. The van der Waals surface area contributed by atoms with Gasteiger partial charge in [-0.2, -0.15) is 5.26 Å². The lowest BCUT2D eigenvalue weighted by Crippen LogP contribution is -2.46. The molecule has 136 valence electrons. The van der Waals surface area contributed by atoms with Crippen molar-refractivity contribution in [1.82, 2.24) is 19.9 Å².